The van der Waals surface area contributed by atoms with Crippen LogP contribution in [0.15, 0.2) is 42.6 Å². The molecule has 0 atom stereocenters. The number of nitrogens with zero attached hydrogens (tertiary/aromatic N) is 1. The van der Waals surface area contributed by atoms with E-state index in [9.17, 15) is 5.21 Å². The molecule has 1 aromatic heterocycles. The van der Waals surface area contributed by atoms with Gasteiger partial charge < -0.3 is 5.48 Å². The Balaban J connectivity index is 0.000000720. The molecule has 2 aromatic rings. The molecule has 0 fully saturated rings. The van der Waals surface area contributed by atoms with E-state index in [1.807, 2.05) is 36.4 Å². The summed E-state index contributed by atoms with van der Waals surface area (Å²) in [4.78, 5) is 0. The molecule has 0 saturated carbocycles. The highest BCUT2D eigenvalue weighted by atomic mass is 16.5. The summed E-state index contributed by atoms with van der Waals surface area (Å²) in [6.45, 7) is 0. The maximum atomic E-state index is 9.29. The summed E-state index contributed by atoms with van der Waals surface area (Å²) in [7, 11) is 0. The quantitative estimate of drug-likeness (QED) is 0.448. The summed E-state index contributed by atoms with van der Waals surface area (Å²) in [5, 5.41) is 10.3. The first-order valence-electron chi connectivity index (χ1n) is 3.46. The molecule has 12 heavy (non-hydrogen) atoms. The molecule has 0 radical (unpaired) electrons. The Morgan fingerprint density at radius 2 is 1.67 bits per heavy atom. The minimum Gasteiger partial charge on any atom is -0.412 e. The van der Waals surface area contributed by atoms with E-state index in [2.05, 4.69) is 0 Å². The molecule has 1 heterocycles. The zero-order valence-electron chi connectivity index (χ0n) is 6.44. The van der Waals surface area contributed by atoms with Crippen LogP contribution in [0.3, 0.4) is 0 Å². The standard InChI is InChI=1S/C9H8NO.H2O/c11-10-7-3-5-8-4-1-2-6-9(8)10;/h1-7,11H;1H2/q+1;. The van der Waals surface area contributed by atoms with E-state index in [-0.39, 0.29) is 5.48 Å². The average molecular weight is 164 g/mol. The summed E-state index contributed by atoms with van der Waals surface area (Å²) >= 11 is 0. The first-order valence-corrected chi connectivity index (χ1v) is 3.46. The van der Waals surface area contributed by atoms with Crippen LogP contribution in [-0.4, -0.2) is 10.7 Å². The van der Waals surface area contributed by atoms with Crippen LogP contribution in [0.1, 0.15) is 0 Å². The highest BCUT2D eigenvalue weighted by Gasteiger charge is 2.02. The Kier molecular flexibility index (Phi) is 2.26. The summed E-state index contributed by atoms with van der Waals surface area (Å²) < 4.78 is 1.12. The zero-order chi connectivity index (χ0) is 7.68. The Bertz CT molecular complexity index is 382. The molecular formula is C9H10NO2+. The van der Waals surface area contributed by atoms with Gasteiger partial charge in [-0.15, -0.1) is 0 Å². The van der Waals surface area contributed by atoms with Gasteiger partial charge in [-0.05, 0) is 12.1 Å². The van der Waals surface area contributed by atoms with E-state index in [1.165, 1.54) is 0 Å². The smallest absolute Gasteiger partial charge is 0.264 e. The molecule has 2 rings (SSSR count). The Morgan fingerprint density at radius 3 is 2.42 bits per heavy atom. The largest absolute Gasteiger partial charge is 0.412 e. The van der Waals surface area contributed by atoms with Crippen molar-refractivity contribution in [2.45, 2.75) is 0 Å². The Morgan fingerprint density at radius 1 is 1.00 bits per heavy atom. The summed E-state index contributed by atoms with van der Waals surface area (Å²) in [5.74, 6) is 0. The van der Waals surface area contributed by atoms with Crippen LogP contribution in [0.4, 0.5) is 0 Å². The number of benzene rings is 1. The molecule has 1 aromatic carbocycles. The third-order valence-corrected chi connectivity index (χ3v) is 1.69. The van der Waals surface area contributed by atoms with Crippen LogP contribution in [-0.2, 0) is 0 Å². The van der Waals surface area contributed by atoms with Gasteiger partial charge in [0.1, 0.15) is 0 Å². The molecule has 0 spiro atoms. The maximum Gasteiger partial charge on any atom is 0.264 e. The van der Waals surface area contributed by atoms with Gasteiger partial charge in [-0.3, -0.25) is 5.21 Å². The second kappa shape index (κ2) is 3.19. The van der Waals surface area contributed by atoms with Crippen LogP contribution in [0.25, 0.3) is 10.9 Å². The molecule has 62 valence electrons. The third kappa shape index (κ3) is 1.22. The number of pyridine rings is 1. The number of fused-ring (bicyclic) bond motifs is 1. The lowest BCUT2D eigenvalue weighted by atomic mass is 10.2. The van der Waals surface area contributed by atoms with Gasteiger partial charge in [0.15, 0.2) is 0 Å². The fourth-order valence-electron chi connectivity index (χ4n) is 1.15. The fraction of sp³-hybridized carbons (Fsp3) is 0. The van der Waals surface area contributed by atoms with Crippen LogP contribution in [0, 0.1) is 0 Å². The monoisotopic (exact) mass is 164 g/mol. The van der Waals surface area contributed by atoms with E-state index in [1.54, 1.807) is 6.20 Å². The molecule has 0 saturated heterocycles. The van der Waals surface area contributed by atoms with Gasteiger partial charge in [-0.1, -0.05) is 12.1 Å². The molecule has 3 nitrogen and oxygen atoms in total. The van der Waals surface area contributed by atoms with E-state index in [4.69, 9.17) is 0 Å². The van der Waals surface area contributed by atoms with Crippen molar-refractivity contribution in [2.75, 3.05) is 0 Å². The predicted octanol–water partition coefficient (Wildman–Crippen LogP) is 0.540. The Labute approximate surface area is 69.8 Å². The highest BCUT2D eigenvalue weighted by molar-refractivity contribution is 5.74. The van der Waals surface area contributed by atoms with Crippen molar-refractivity contribution in [1.29, 1.82) is 0 Å². The lowest BCUT2D eigenvalue weighted by Crippen LogP contribution is -2.29. The summed E-state index contributed by atoms with van der Waals surface area (Å²) in [6, 6.07) is 11.4. The molecule has 0 aliphatic heterocycles. The van der Waals surface area contributed by atoms with Crippen LogP contribution < -0.4 is 4.73 Å². The van der Waals surface area contributed by atoms with Crippen LogP contribution >= 0.6 is 0 Å². The second-order valence-electron chi connectivity index (χ2n) is 2.41. The molecule has 0 aliphatic rings. The lowest BCUT2D eigenvalue weighted by Gasteiger charge is -1.90. The highest BCUT2D eigenvalue weighted by Crippen LogP contribution is 2.06. The van der Waals surface area contributed by atoms with Crippen molar-refractivity contribution >= 4 is 10.9 Å². The minimum absolute atomic E-state index is 0. The van der Waals surface area contributed by atoms with Crippen molar-refractivity contribution in [3.63, 3.8) is 0 Å². The van der Waals surface area contributed by atoms with Crippen molar-refractivity contribution in [3.05, 3.63) is 42.6 Å². The third-order valence-electron chi connectivity index (χ3n) is 1.69. The van der Waals surface area contributed by atoms with Crippen molar-refractivity contribution in [1.82, 2.24) is 0 Å². The normalized spacial score (nSPS) is 9.33. The first kappa shape index (κ1) is 8.49. The van der Waals surface area contributed by atoms with E-state index in [0.717, 1.165) is 15.6 Å². The summed E-state index contributed by atoms with van der Waals surface area (Å²) in [6.07, 6.45) is 1.61. The van der Waals surface area contributed by atoms with Gasteiger partial charge in [0.25, 0.3) is 5.52 Å². The predicted molar refractivity (Wildman–Crippen MR) is 44.9 cm³/mol. The average Bonchev–Trinajstić information content (AvgIpc) is 2.06. The second-order valence-corrected chi connectivity index (χ2v) is 2.41. The molecular weight excluding hydrogens is 154 g/mol. The maximum absolute atomic E-state index is 9.29. The number of hydrogen-bond donors (Lipinski definition) is 1. The van der Waals surface area contributed by atoms with Gasteiger partial charge in [0, 0.05) is 16.9 Å². The molecule has 0 amide bonds. The van der Waals surface area contributed by atoms with Gasteiger partial charge in [0.2, 0.25) is 6.20 Å². The van der Waals surface area contributed by atoms with Crippen molar-refractivity contribution in [2.24, 2.45) is 0 Å². The molecule has 0 aliphatic carbocycles. The topological polar surface area (TPSA) is 55.6 Å². The number of aromatic nitrogens is 1. The van der Waals surface area contributed by atoms with Gasteiger partial charge in [-0.25, -0.2) is 0 Å². The number of hydrogen-bond acceptors (Lipinski definition) is 1. The lowest BCUT2D eigenvalue weighted by molar-refractivity contribution is -0.884. The minimum atomic E-state index is 0. The summed E-state index contributed by atoms with van der Waals surface area (Å²) in [5.41, 5.74) is 0.829. The SMILES string of the molecule is O.O[n+]1cccc2ccccc21. The number of rotatable bonds is 0. The van der Waals surface area contributed by atoms with E-state index in [0.29, 0.717) is 0 Å². The molecule has 0 unspecified atom stereocenters. The van der Waals surface area contributed by atoms with E-state index >= 15 is 0 Å². The molecule has 3 heteroatoms. The van der Waals surface area contributed by atoms with Crippen LogP contribution in [0.2, 0.25) is 0 Å². The molecule has 3 N–H and O–H groups in total. The molecule has 0 bridgehead atoms. The van der Waals surface area contributed by atoms with Gasteiger partial charge in [-0.2, -0.15) is 0 Å². The van der Waals surface area contributed by atoms with Crippen molar-refractivity contribution in [3.8, 4) is 0 Å². The first-order chi connectivity index (χ1) is 5.38. The number of para-hydroxylation sites is 1. The van der Waals surface area contributed by atoms with Crippen LogP contribution in [0.5, 0.6) is 0 Å². The van der Waals surface area contributed by atoms with E-state index < -0.39 is 0 Å². The fourth-order valence-corrected chi connectivity index (χ4v) is 1.15. The van der Waals surface area contributed by atoms with Crippen molar-refractivity contribution < 1.29 is 15.4 Å². The van der Waals surface area contributed by atoms with Gasteiger partial charge in [0.05, 0.1) is 5.39 Å². The Hall–Kier alpha value is -1.61. The zero-order valence-corrected chi connectivity index (χ0v) is 6.44. The van der Waals surface area contributed by atoms with Gasteiger partial charge >= 0.3 is 0 Å².